The smallest absolute Gasteiger partial charge is 0.181 e. The molecule has 0 unspecified atom stereocenters. The lowest BCUT2D eigenvalue weighted by atomic mass is 10.1. The molecule has 0 spiro atoms. The van der Waals surface area contributed by atoms with Gasteiger partial charge in [0.05, 0.1) is 13.7 Å². The van der Waals surface area contributed by atoms with Crippen molar-refractivity contribution >= 4 is 0 Å². The Bertz CT molecular complexity index is 939. The summed E-state index contributed by atoms with van der Waals surface area (Å²) in [6, 6.07) is 16.5. The van der Waals surface area contributed by atoms with Crippen LogP contribution in [0.1, 0.15) is 18.4 Å². The number of aromatic nitrogens is 3. The first-order valence-corrected chi connectivity index (χ1v) is 9.78. The van der Waals surface area contributed by atoms with Crippen LogP contribution in [0.15, 0.2) is 61.2 Å². The highest BCUT2D eigenvalue weighted by Gasteiger charge is 2.15. The molecule has 3 aromatic rings. The van der Waals surface area contributed by atoms with Crippen LogP contribution in [0.2, 0.25) is 0 Å². The first-order chi connectivity index (χ1) is 13.8. The number of hydrogen-bond acceptors (Lipinski definition) is 4. The first kappa shape index (κ1) is 18.4. The maximum atomic E-state index is 5.25. The molecule has 1 aliphatic rings. The van der Waals surface area contributed by atoms with E-state index in [0.29, 0.717) is 12.4 Å². The predicted molar refractivity (Wildman–Crippen MR) is 112 cm³/mol. The van der Waals surface area contributed by atoms with Gasteiger partial charge in [-0.1, -0.05) is 24.3 Å². The van der Waals surface area contributed by atoms with Crippen molar-refractivity contribution < 1.29 is 4.74 Å². The van der Waals surface area contributed by atoms with Crippen LogP contribution >= 0.6 is 0 Å². The van der Waals surface area contributed by atoms with Crippen LogP contribution in [0.3, 0.4) is 0 Å². The third-order valence-corrected chi connectivity index (χ3v) is 5.11. The Kier molecular flexibility index (Phi) is 5.53. The quantitative estimate of drug-likeness (QED) is 0.575. The average molecular weight is 374 g/mol. The van der Waals surface area contributed by atoms with E-state index < -0.39 is 0 Å². The van der Waals surface area contributed by atoms with Crippen LogP contribution in [0.5, 0.6) is 5.75 Å². The van der Waals surface area contributed by atoms with E-state index in [1.165, 1.54) is 31.5 Å². The monoisotopic (exact) mass is 374 g/mol. The Balaban J connectivity index is 1.66. The van der Waals surface area contributed by atoms with Gasteiger partial charge in [-0.05, 0) is 61.8 Å². The van der Waals surface area contributed by atoms with Gasteiger partial charge in [-0.3, -0.25) is 4.90 Å². The molecular weight excluding hydrogens is 348 g/mol. The summed E-state index contributed by atoms with van der Waals surface area (Å²) < 4.78 is 7.16. The van der Waals surface area contributed by atoms with Gasteiger partial charge in [0, 0.05) is 17.7 Å². The van der Waals surface area contributed by atoms with E-state index in [2.05, 4.69) is 35.7 Å². The fourth-order valence-corrected chi connectivity index (χ4v) is 3.68. The molecule has 1 aliphatic heterocycles. The Morgan fingerprint density at radius 2 is 1.86 bits per heavy atom. The molecule has 2 heterocycles. The molecular formula is C23H26N4O. The fraction of sp³-hybridized carbons (Fsp3) is 0.304. The van der Waals surface area contributed by atoms with E-state index in [1.54, 1.807) is 7.11 Å². The van der Waals surface area contributed by atoms with Crippen molar-refractivity contribution in [2.45, 2.75) is 25.9 Å². The summed E-state index contributed by atoms with van der Waals surface area (Å²) in [5, 5.41) is 4.72. The van der Waals surface area contributed by atoms with Crippen LogP contribution in [0.25, 0.3) is 22.8 Å². The van der Waals surface area contributed by atoms with E-state index in [9.17, 15) is 0 Å². The van der Waals surface area contributed by atoms with Crippen LogP contribution in [-0.4, -0.2) is 39.9 Å². The van der Waals surface area contributed by atoms with Crippen LogP contribution in [0.4, 0.5) is 0 Å². The predicted octanol–water partition coefficient (Wildman–Crippen LogP) is 4.40. The minimum atomic E-state index is 0.620. The number of methoxy groups -OCH3 is 1. The lowest BCUT2D eigenvalue weighted by Gasteiger charge is -2.15. The van der Waals surface area contributed by atoms with E-state index in [0.717, 1.165) is 29.2 Å². The van der Waals surface area contributed by atoms with Gasteiger partial charge in [0.2, 0.25) is 0 Å². The SMILES string of the molecule is C=CCn1nc(-c2ccc(OC)cc2)nc1-c1cccc(CN2CCCC2)c1. The van der Waals surface area contributed by atoms with Gasteiger partial charge >= 0.3 is 0 Å². The number of hydrogen-bond donors (Lipinski definition) is 0. The lowest BCUT2D eigenvalue weighted by molar-refractivity contribution is 0.331. The zero-order chi connectivity index (χ0) is 19.3. The molecule has 0 radical (unpaired) electrons. The molecule has 4 rings (SSSR count). The highest BCUT2D eigenvalue weighted by atomic mass is 16.5. The summed E-state index contributed by atoms with van der Waals surface area (Å²) in [5.41, 5.74) is 3.38. The summed E-state index contributed by atoms with van der Waals surface area (Å²) in [5.74, 6) is 2.41. The van der Waals surface area contributed by atoms with E-state index in [1.807, 2.05) is 35.0 Å². The van der Waals surface area contributed by atoms with Gasteiger partial charge in [0.25, 0.3) is 0 Å². The Hall–Kier alpha value is -2.92. The van der Waals surface area contributed by atoms with Crippen molar-refractivity contribution in [2.75, 3.05) is 20.2 Å². The number of benzene rings is 2. The molecule has 5 nitrogen and oxygen atoms in total. The third kappa shape index (κ3) is 3.99. The van der Waals surface area contributed by atoms with Crippen molar-refractivity contribution in [1.82, 2.24) is 19.7 Å². The third-order valence-electron chi connectivity index (χ3n) is 5.11. The molecule has 2 aromatic carbocycles. The molecule has 0 saturated carbocycles. The van der Waals surface area contributed by atoms with Crippen LogP contribution in [0, 0.1) is 0 Å². The first-order valence-electron chi connectivity index (χ1n) is 9.78. The molecule has 0 aliphatic carbocycles. The second-order valence-corrected chi connectivity index (χ2v) is 7.14. The van der Waals surface area contributed by atoms with Gasteiger partial charge < -0.3 is 4.74 Å². The molecule has 1 aromatic heterocycles. The van der Waals surface area contributed by atoms with E-state index in [4.69, 9.17) is 14.8 Å². The number of rotatable bonds is 7. The van der Waals surface area contributed by atoms with Gasteiger partial charge in [-0.25, -0.2) is 9.67 Å². The zero-order valence-corrected chi connectivity index (χ0v) is 16.3. The molecule has 1 saturated heterocycles. The maximum Gasteiger partial charge on any atom is 0.181 e. The van der Waals surface area contributed by atoms with E-state index in [-0.39, 0.29) is 0 Å². The minimum absolute atomic E-state index is 0.620. The summed E-state index contributed by atoms with van der Waals surface area (Å²) >= 11 is 0. The zero-order valence-electron chi connectivity index (χ0n) is 16.3. The van der Waals surface area contributed by atoms with Crippen molar-refractivity contribution in [2.24, 2.45) is 0 Å². The molecule has 0 amide bonds. The number of likely N-dealkylation sites (tertiary alicyclic amines) is 1. The van der Waals surface area contributed by atoms with Gasteiger partial charge in [-0.15, -0.1) is 6.58 Å². The molecule has 0 bridgehead atoms. The van der Waals surface area contributed by atoms with Gasteiger partial charge in [-0.2, -0.15) is 5.10 Å². The van der Waals surface area contributed by atoms with E-state index >= 15 is 0 Å². The molecule has 0 atom stereocenters. The van der Waals surface area contributed by atoms with Crippen molar-refractivity contribution in [1.29, 1.82) is 0 Å². The highest BCUT2D eigenvalue weighted by molar-refractivity contribution is 5.63. The van der Waals surface area contributed by atoms with Gasteiger partial charge in [0.15, 0.2) is 11.6 Å². The van der Waals surface area contributed by atoms with Crippen molar-refractivity contribution in [3.63, 3.8) is 0 Å². The summed E-state index contributed by atoms with van der Waals surface area (Å²) in [6.45, 7) is 7.87. The lowest BCUT2D eigenvalue weighted by Crippen LogP contribution is -2.18. The largest absolute Gasteiger partial charge is 0.497 e. The molecule has 5 heteroatoms. The standard InChI is InChI=1S/C23H26N4O/c1-3-13-27-23(24-22(25-27)19-9-11-21(28-2)12-10-19)20-8-6-7-18(16-20)17-26-14-4-5-15-26/h3,6-12,16H,1,4-5,13-15,17H2,2H3. The summed E-state index contributed by atoms with van der Waals surface area (Å²) in [4.78, 5) is 7.36. The summed E-state index contributed by atoms with van der Waals surface area (Å²) in [7, 11) is 1.67. The molecule has 0 N–H and O–H groups in total. The highest BCUT2D eigenvalue weighted by Crippen LogP contribution is 2.25. The second-order valence-electron chi connectivity index (χ2n) is 7.14. The number of allylic oxidation sites excluding steroid dienone is 1. The van der Waals surface area contributed by atoms with Crippen LogP contribution in [-0.2, 0) is 13.1 Å². The normalized spacial score (nSPS) is 14.3. The maximum absolute atomic E-state index is 5.25. The van der Waals surface area contributed by atoms with Gasteiger partial charge in [0.1, 0.15) is 5.75 Å². The molecule has 28 heavy (non-hydrogen) atoms. The Labute approximate surface area is 166 Å². The Morgan fingerprint density at radius 3 is 2.57 bits per heavy atom. The average Bonchev–Trinajstić information content (AvgIpc) is 3.39. The number of ether oxygens (including phenoxy) is 1. The van der Waals surface area contributed by atoms with Crippen molar-refractivity contribution in [3.8, 4) is 28.5 Å². The van der Waals surface area contributed by atoms with Crippen molar-refractivity contribution in [3.05, 3.63) is 66.7 Å². The molecule has 1 fully saturated rings. The Morgan fingerprint density at radius 1 is 1.07 bits per heavy atom. The minimum Gasteiger partial charge on any atom is -0.497 e. The molecule has 144 valence electrons. The topological polar surface area (TPSA) is 43.2 Å². The number of nitrogens with zero attached hydrogens (tertiary/aromatic N) is 4. The summed E-state index contributed by atoms with van der Waals surface area (Å²) in [6.07, 6.45) is 4.46. The fourth-order valence-electron chi connectivity index (χ4n) is 3.68. The van der Waals surface area contributed by atoms with Crippen LogP contribution < -0.4 is 4.74 Å². The second kappa shape index (κ2) is 8.40.